The molecule has 0 fully saturated rings. The molecular weight excluding hydrogens is 268 g/mol. The molecule has 104 valence electrons. The molecule has 0 aliphatic carbocycles. The SMILES string of the molecule is Cc1ccccc1SCc1ccc(C(C)C(=O)O)cc1. The average molecular weight is 286 g/mol. The second-order valence-corrected chi connectivity index (χ2v) is 5.87. The Morgan fingerprint density at radius 2 is 1.80 bits per heavy atom. The van der Waals surface area contributed by atoms with E-state index in [1.54, 1.807) is 18.7 Å². The molecule has 1 unspecified atom stereocenters. The molecule has 0 saturated heterocycles. The average Bonchev–Trinajstić information content (AvgIpc) is 2.46. The molecule has 1 atom stereocenters. The van der Waals surface area contributed by atoms with Crippen LogP contribution in [0.2, 0.25) is 0 Å². The Morgan fingerprint density at radius 1 is 1.15 bits per heavy atom. The lowest BCUT2D eigenvalue weighted by Gasteiger charge is -2.08. The van der Waals surface area contributed by atoms with E-state index in [0.717, 1.165) is 11.3 Å². The number of hydrogen-bond donors (Lipinski definition) is 1. The van der Waals surface area contributed by atoms with E-state index in [-0.39, 0.29) is 0 Å². The van der Waals surface area contributed by atoms with Gasteiger partial charge >= 0.3 is 5.97 Å². The summed E-state index contributed by atoms with van der Waals surface area (Å²) in [4.78, 5) is 12.2. The van der Waals surface area contributed by atoms with Gasteiger partial charge < -0.3 is 5.11 Å². The summed E-state index contributed by atoms with van der Waals surface area (Å²) >= 11 is 1.80. The Labute approximate surface area is 123 Å². The molecule has 20 heavy (non-hydrogen) atoms. The lowest BCUT2D eigenvalue weighted by molar-refractivity contribution is -0.138. The van der Waals surface area contributed by atoms with Crippen molar-refractivity contribution >= 4 is 17.7 Å². The first-order valence-electron chi connectivity index (χ1n) is 6.58. The van der Waals surface area contributed by atoms with Crippen molar-refractivity contribution in [2.24, 2.45) is 0 Å². The van der Waals surface area contributed by atoms with Crippen LogP contribution in [0.25, 0.3) is 0 Å². The maximum atomic E-state index is 10.9. The zero-order chi connectivity index (χ0) is 14.5. The van der Waals surface area contributed by atoms with Crippen molar-refractivity contribution in [3.05, 3.63) is 65.2 Å². The van der Waals surface area contributed by atoms with Crippen LogP contribution in [0.1, 0.15) is 29.5 Å². The van der Waals surface area contributed by atoms with Crippen molar-refractivity contribution in [3.8, 4) is 0 Å². The molecule has 2 nitrogen and oxygen atoms in total. The lowest BCUT2D eigenvalue weighted by atomic mass is 10.0. The monoisotopic (exact) mass is 286 g/mol. The standard InChI is InChI=1S/C17H18O2S/c1-12-5-3-4-6-16(12)20-11-14-7-9-15(10-8-14)13(2)17(18)19/h3-10,13H,11H2,1-2H3,(H,18,19). The maximum Gasteiger partial charge on any atom is 0.310 e. The van der Waals surface area contributed by atoms with Gasteiger partial charge in [0, 0.05) is 10.6 Å². The molecule has 0 heterocycles. The summed E-state index contributed by atoms with van der Waals surface area (Å²) in [6.07, 6.45) is 0. The van der Waals surface area contributed by atoms with E-state index in [4.69, 9.17) is 5.11 Å². The number of benzene rings is 2. The highest BCUT2D eigenvalue weighted by Crippen LogP contribution is 2.26. The Bertz CT molecular complexity index is 590. The second-order valence-electron chi connectivity index (χ2n) is 4.86. The fourth-order valence-corrected chi connectivity index (χ4v) is 2.91. The molecule has 0 aliphatic heterocycles. The van der Waals surface area contributed by atoms with Gasteiger partial charge in [-0.15, -0.1) is 11.8 Å². The minimum absolute atomic E-state index is 0.451. The summed E-state index contributed by atoms with van der Waals surface area (Å²) in [5.41, 5.74) is 3.34. The van der Waals surface area contributed by atoms with Gasteiger partial charge in [-0.25, -0.2) is 0 Å². The van der Waals surface area contributed by atoms with Gasteiger partial charge in [0.1, 0.15) is 0 Å². The van der Waals surface area contributed by atoms with E-state index in [0.29, 0.717) is 0 Å². The normalized spacial score (nSPS) is 12.1. The number of thioether (sulfide) groups is 1. The third-order valence-electron chi connectivity index (χ3n) is 3.34. The van der Waals surface area contributed by atoms with Gasteiger partial charge in [0.15, 0.2) is 0 Å². The molecule has 1 N–H and O–H groups in total. The third kappa shape index (κ3) is 3.64. The van der Waals surface area contributed by atoms with Crippen LogP contribution in [0, 0.1) is 6.92 Å². The number of carbonyl (C=O) groups is 1. The largest absolute Gasteiger partial charge is 0.481 e. The molecule has 0 aromatic heterocycles. The molecule has 0 aliphatic rings. The van der Waals surface area contributed by atoms with Crippen LogP contribution in [0.15, 0.2) is 53.4 Å². The minimum Gasteiger partial charge on any atom is -0.481 e. The first-order valence-corrected chi connectivity index (χ1v) is 7.56. The Hall–Kier alpha value is -1.74. The molecule has 2 aromatic carbocycles. The second kappa shape index (κ2) is 6.62. The van der Waals surface area contributed by atoms with Crippen LogP contribution in [0.5, 0.6) is 0 Å². The first kappa shape index (κ1) is 14.7. The number of aryl methyl sites for hydroxylation is 1. The fourth-order valence-electron chi connectivity index (χ4n) is 1.92. The van der Waals surface area contributed by atoms with Gasteiger partial charge in [-0.05, 0) is 36.6 Å². The summed E-state index contributed by atoms with van der Waals surface area (Å²) in [5.74, 6) is -0.341. The number of hydrogen-bond acceptors (Lipinski definition) is 2. The fraction of sp³-hybridized carbons (Fsp3) is 0.235. The highest BCUT2D eigenvalue weighted by Gasteiger charge is 2.12. The smallest absolute Gasteiger partial charge is 0.310 e. The number of rotatable bonds is 5. The molecule has 0 bridgehead atoms. The molecule has 0 spiro atoms. The molecular formula is C17H18O2S. The van der Waals surface area contributed by atoms with E-state index in [9.17, 15) is 4.79 Å². The highest BCUT2D eigenvalue weighted by molar-refractivity contribution is 7.98. The van der Waals surface area contributed by atoms with Crippen molar-refractivity contribution in [3.63, 3.8) is 0 Å². The van der Waals surface area contributed by atoms with Gasteiger partial charge in [-0.1, -0.05) is 42.5 Å². The molecule has 0 saturated carbocycles. The van der Waals surface area contributed by atoms with Crippen molar-refractivity contribution in [2.45, 2.75) is 30.4 Å². The number of carboxylic acid groups (broad SMARTS) is 1. The number of carboxylic acids is 1. The maximum absolute atomic E-state index is 10.9. The van der Waals surface area contributed by atoms with Crippen molar-refractivity contribution in [2.75, 3.05) is 0 Å². The first-order chi connectivity index (χ1) is 9.58. The summed E-state index contributed by atoms with van der Waals surface area (Å²) < 4.78 is 0. The quantitative estimate of drug-likeness (QED) is 0.824. The summed E-state index contributed by atoms with van der Waals surface area (Å²) in [6, 6.07) is 16.2. The van der Waals surface area contributed by atoms with E-state index in [1.165, 1.54) is 16.0 Å². The molecule has 0 radical (unpaired) electrons. The Morgan fingerprint density at radius 3 is 2.40 bits per heavy atom. The predicted octanol–water partition coefficient (Wildman–Crippen LogP) is 4.48. The number of aliphatic carboxylic acids is 1. The minimum atomic E-state index is -0.785. The zero-order valence-electron chi connectivity index (χ0n) is 11.7. The Balaban J connectivity index is 2.01. The van der Waals surface area contributed by atoms with Crippen LogP contribution in [-0.2, 0) is 10.5 Å². The molecule has 2 rings (SSSR count). The summed E-state index contributed by atoms with van der Waals surface area (Å²) in [7, 11) is 0. The van der Waals surface area contributed by atoms with Gasteiger partial charge in [0.05, 0.1) is 5.92 Å². The van der Waals surface area contributed by atoms with Gasteiger partial charge in [-0.2, -0.15) is 0 Å². The van der Waals surface area contributed by atoms with Gasteiger partial charge in [-0.3, -0.25) is 4.79 Å². The Kier molecular flexibility index (Phi) is 4.85. The van der Waals surface area contributed by atoms with Crippen molar-refractivity contribution in [1.29, 1.82) is 0 Å². The molecule has 0 amide bonds. The predicted molar refractivity (Wildman–Crippen MR) is 83.2 cm³/mol. The lowest BCUT2D eigenvalue weighted by Crippen LogP contribution is -2.07. The summed E-state index contributed by atoms with van der Waals surface area (Å²) in [6.45, 7) is 3.82. The van der Waals surface area contributed by atoms with Crippen molar-refractivity contribution < 1.29 is 9.90 Å². The molecule has 3 heteroatoms. The van der Waals surface area contributed by atoms with Crippen LogP contribution < -0.4 is 0 Å². The van der Waals surface area contributed by atoms with Gasteiger partial charge in [0.2, 0.25) is 0 Å². The van der Waals surface area contributed by atoms with E-state index >= 15 is 0 Å². The summed E-state index contributed by atoms with van der Waals surface area (Å²) in [5, 5.41) is 8.98. The topological polar surface area (TPSA) is 37.3 Å². The van der Waals surface area contributed by atoms with E-state index in [1.807, 2.05) is 36.4 Å². The highest BCUT2D eigenvalue weighted by atomic mass is 32.2. The molecule has 2 aromatic rings. The van der Waals surface area contributed by atoms with E-state index < -0.39 is 11.9 Å². The van der Waals surface area contributed by atoms with Crippen LogP contribution in [0.3, 0.4) is 0 Å². The third-order valence-corrected chi connectivity index (χ3v) is 4.58. The van der Waals surface area contributed by atoms with E-state index in [2.05, 4.69) is 19.1 Å². The van der Waals surface area contributed by atoms with Crippen LogP contribution >= 0.6 is 11.8 Å². The van der Waals surface area contributed by atoms with Gasteiger partial charge in [0.25, 0.3) is 0 Å². The zero-order valence-corrected chi connectivity index (χ0v) is 12.5. The van der Waals surface area contributed by atoms with Crippen LogP contribution in [0.4, 0.5) is 0 Å². The van der Waals surface area contributed by atoms with Crippen molar-refractivity contribution in [1.82, 2.24) is 0 Å². The van der Waals surface area contributed by atoms with Crippen LogP contribution in [-0.4, -0.2) is 11.1 Å².